The Morgan fingerprint density at radius 1 is 1.13 bits per heavy atom. The summed E-state index contributed by atoms with van der Waals surface area (Å²) < 4.78 is 32.8. The molecule has 1 atom stereocenters. The number of halogens is 1. The van der Waals surface area contributed by atoms with Gasteiger partial charge in [-0.15, -0.1) is 0 Å². The van der Waals surface area contributed by atoms with Gasteiger partial charge in [0.25, 0.3) is 0 Å². The molecule has 0 aliphatic carbocycles. The Bertz CT molecular complexity index is 819. The quantitative estimate of drug-likeness (QED) is 0.883. The molecule has 0 fully saturated rings. The van der Waals surface area contributed by atoms with Gasteiger partial charge in [-0.05, 0) is 50.1 Å². The largest absolute Gasteiger partial charge is 0.495 e. The average molecular weight is 354 g/mol. The Hall–Kier alpha value is -1.56. The van der Waals surface area contributed by atoms with Gasteiger partial charge in [-0.25, -0.2) is 13.1 Å². The van der Waals surface area contributed by atoms with Gasteiger partial charge in [-0.3, -0.25) is 0 Å². The molecule has 124 valence electrons. The highest BCUT2D eigenvalue weighted by Crippen LogP contribution is 2.28. The van der Waals surface area contributed by atoms with Crippen LogP contribution in [-0.4, -0.2) is 15.5 Å². The smallest absolute Gasteiger partial charge is 0.241 e. The maximum absolute atomic E-state index is 12.6. The summed E-state index contributed by atoms with van der Waals surface area (Å²) in [5, 5.41) is 0.259. The van der Waals surface area contributed by atoms with Crippen LogP contribution in [0.2, 0.25) is 5.02 Å². The van der Waals surface area contributed by atoms with E-state index >= 15 is 0 Å². The van der Waals surface area contributed by atoms with Crippen LogP contribution >= 0.6 is 11.6 Å². The van der Waals surface area contributed by atoms with Crippen LogP contribution in [0, 0.1) is 13.8 Å². The molecule has 0 radical (unpaired) electrons. The van der Waals surface area contributed by atoms with Crippen LogP contribution in [0.5, 0.6) is 5.75 Å². The molecule has 1 N–H and O–H groups in total. The van der Waals surface area contributed by atoms with E-state index in [9.17, 15) is 8.42 Å². The summed E-state index contributed by atoms with van der Waals surface area (Å²) in [5.74, 6) is 0.438. The fraction of sp³-hybridized carbons (Fsp3) is 0.294. The topological polar surface area (TPSA) is 55.4 Å². The summed E-state index contributed by atoms with van der Waals surface area (Å²) in [4.78, 5) is 0.112. The maximum Gasteiger partial charge on any atom is 0.241 e. The van der Waals surface area contributed by atoms with Crippen molar-refractivity contribution in [2.75, 3.05) is 7.11 Å². The van der Waals surface area contributed by atoms with Gasteiger partial charge in [0.2, 0.25) is 10.0 Å². The highest BCUT2D eigenvalue weighted by atomic mass is 35.5. The number of hydrogen-bond acceptors (Lipinski definition) is 3. The highest BCUT2D eigenvalue weighted by Gasteiger charge is 2.20. The standard InChI is InChI=1S/C17H20ClNO3S/c1-11-5-6-12(2)15(9-11)13(3)19-23(20,21)14-7-8-17(22-4)16(18)10-14/h5-10,13,19H,1-4H3/t13-/m1/s1. The summed E-state index contributed by atoms with van der Waals surface area (Å²) in [6.07, 6.45) is 0. The van der Waals surface area contributed by atoms with Crippen LogP contribution in [0.1, 0.15) is 29.7 Å². The second-order valence-electron chi connectivity index (χ2n) is 5.50. The van der Waals surface area contributed by atoms with Crippen LogP contribution in [0.3, 0.4) is 0 Å². The molecule has 0 amide bonds. The van der Waals surface area contributed by atoms with Gasteiger partial charge in [0.05, 0.1) is 17.0 Å². The Morgan fingerprint density at radius 3 is 2.43 bits per heavy atom. The zero-order chi connectivity index (χ0) is 17.2. The summed E-state index contributed by atoms with van der Waals surface area (Å²) in [6, 6.07) is 10.0. The minimum Gasteiger partial charge on any atom is -0.495 e. The lowest BCUT2D eigenvalue weighted by Crippen LogP contribution is -2.27. The lowest BCUT2D eigenvalue weighted by molar-refractivity contribution is 0.414. The minimum absolute atomic E-state index is 0.112. The van der Waals surface area contributed by atoms with Crippen molar-refractivity contribution >= 4 is 21.6 Å². The van der Waals surface area contributed by atoms with Crippen molar-refractivity contribution < 1.29 is 13.2 Å². The van der Waals surface area contributed by atoms with E-state index in [0.717, 1.165) is 16.7 Å². The molecule has 0 bridgehead atoms. The van der Waals surface area contributed by atoms with Crippen LogP contribution in [0.4, 0.5) is 0 Å². The molecule has 0 saturated carbocycles. The van der Waals surface area contributed by atoms with Crippen LogP contribution < -0.4 is 9.46 Å². The van der Waals surface area contributed by atoms with Crippen molar-refractivity contribution in [3.8, 4) is 5.75 Å². The number of hydrogen-bond donors (Lipinski definition) is 1. The maximum atomic E-state index is 12.6. The average Bonchev–Trinajstić information content (AvgIpc) is 2.49. The summed E-state index contributed by atoms with van der Waals surface area (Å²) in [7, 11) is -2.19. The van der Waals surface area contributed by atoms with Crippen molar-refractivity contribution in [3.63, 3.8) is 0 Å². The van der Waals surface area contributed by atoms with Crippen LogP contribution in [0.15, 0.2) is 41.3 Å². The van der Waals surface area contributed by atoms with E-state index in [0.29, 0.717) is 5.75 Å². The second-order valence-corrected chi connectivity index (χ2v) is 7.62. The Labute approximate surface area is 142 Å². The number of sulfonamides is 1. The molecule has 0 spiro atoms. The van der Waals surface area contributed by atoms with E-state index in [4.69, 9.17) is 16.3 Å². The SMILES string of the molecule is COc1ccc(S(=O)(=O)N[C@H](C)c2cc(C)ccc2C)cc1Cl. The molecule has 4 nitrogen and oxygen atoms in total. The van der Waals surface area contributed by atoms with E-state index < -0.39 is 10.0 Å². The molecule has 6 heteroatoms. The first-order valence-electron chi connectivity index (χ1n) is 7.17. The van der Waals surface area contributed by atoms with Crippen molar-refractivity contribution in [2.45, 2.75) is 31.7 Å². The molecule has 23 heavy (non-hydrogen) atoms. The molecule has 2 aromatic rings. The summed E-state index contributed by atoms with van der Waals surface area (Å²) >= 11 is 6.02. The van der Waals surface area contributed by atoms with Gasteiger partial charge in [0.15, 0.2) is 0 Å². The molecule has 0 aliphatic heterocycles. The number of nitrogens with one attached hydrogen (secondary N) is 1. The first-order valence-corrected chi connectivity index (χ1v) is 9.03. The van der Waals surface area contributed by atoms with Crippen LogP contribution in [-0.2, 0) is 10.0 Å². The van der Waals surface area contributed by atoms with E-state index in [1.807, 2.05) is 39.0 Å². The lowest BCUT2D eigenvalue weighted by Gasteiger charge is -2.18. The number of methoxy groups -OCH3 is 1. The third-order valence-electron chi connectivity index (χ3n) is 3.67. The van der Waals surface area contributed by atoms with Gasteiger partial charge in [0, 0.05) is 6.04 Å². The minimum atomic E-state index is -3.67. The number of rotatable bonds is 5. The van der Waals surface area contributed by atoms with Crippen LogP contribution in [0.25, 0.3) is 0 Å². The molecule has 0 aromatic heterocycles. The van der Waals surface area contributed by atoms with Gasteiger partial charge in [-0.2, -0.15) is 0 Å². The van der Waals surface area contributed by atoms with E-state index in [-0.39, 0.29) is 16.0 Å². The zero-order valence-electron chi connectivity index (χ0n) is 13.6. The second kappa shape index (κ2) is 6.91. The monoisotopic (exact) mass is 353 g/mol. The fourth-order valence-electron chi connectivity index (χ4n) is 2.40. The summed E-state index contributed by atoms with van der Waals surface area (Å²) in [6.45, 7) is 5.77. The van der Waals surface area contributed by atoms with Crippen molar-refractivity contribution in [1.82, 2.24) is 4.72 Å². The predicted molar refractivity (Wildman–Crippen MR) is 92.7 cm³/mol. The van der Waals surface area contributed by atoms with E-state index in [1.54, 1.807) is 6.07 Å². The first kappa shape index (κ1) is 17.8. The third kappa shape index (κ3) is 4.05. The zero-order valence-corrected chi connectivity index (χ0v) is 15.1. The van der Waals surface area contributed by atoms with Gasteiger partial charge < -0.3 is 4.74 Å². The molecule has 2 aromatic carbocycles. The molecular weight excluding hydrogens is 334 g/mol. The van der Waals surface area contributed by atoms with Crippen molar-refractivity contribution in [1.29, 1.82) is 0 Å². The summed E-state index contributed by atoms with van der Waals surface area (Å²) in [5.41, 5.74) is 3.08. The van der Waals surface area contributed by atoms with Crippen molar-refractivity contribution in [3.05, 3.63) is 58.1 Å². The Morgan fingerprint density at radius 2 is 1.83 bits per heavy atom. The van der Waals surface area contributed by atoms with Gasteiger partial charge >= 0.3 is 0 Å². The molecular formula is C17H20ClNO3S. The number of aryl methyl sites for hydroxylation is 2. The first-order chi connectivity index (χ1) is 10.7. The molecule has 0 saturated heterocycles. The molecule has 0 aliphatic rings. The predicted octanol–water partition coefficient (Wildman–Crippen LogP) is 4.00. The Kier molecular flexibility index (Phi) is 5.34. The third-order valence-corrected chi connectivity index (χ3v) is 5.50. The fourth-order valence-corrected chi connectivity index (χ4v) is 3.98. The van der Waals surface area contributed by atoms with Crippen molar-refractivity contribution in [2.24, 2.45) is 0 Å². The highest BCUT2D eigenvalue weighted by molar-refractivity contribution is 7.89. The number of benzene rings is 2. The molecule has 2 rings (SSSR count). The number of ether oxygens (including phenoxy) is 1. The van der Waals surface area contributed by atoms with Gasteiger partial charge in [-0.1, -0.05) is 35.4 Å². The Balaban J connectivity index is 2.30. The van der Waals surface area contributed by atoms with E-state index in [2.05, 4.69) is 4.72 Å². The molecule has 0 unspecified atom stereocenters. The van der Waals surface area contributed by atoms with E-state index in [1.165, 1.54) is 19.2 Å². The normalized spacial score (nSPS) is 12.9. The molecule has 0 heterocycles. The lowest BCUT2D eigenvalue weighted by atomic mass is 10.0. The van der Waals surface area contributed by atoms with Gasteiger partial charge in [0.1, 0.15) is 5.75 Å².